The first kappa shape index (κ1) is 19.1. The number of pyridine rings is 1. The number of carbonyl (C=O) groups is 2. The molecule has 0 spiro atoms. The maximum Gasteiger partial charge on any atom is 0.257 e. The SMILES string of the molecule is CC(=O)Nc1ccc(NC(=O)c2cncc(Nc3ccc(C)cc3C)c2)cc1. The molecule has 3 rings (SSSR count). The molecule has 0 unspecified atom stereocenters. The molecule has 3 aromatic rings. The van der Waals surface area contributed by atoms with Crippen molar-refractivity contribution in [1.82, 2.24) is 4.98 Å². The molecule has 0 aliphatic rings. The molecule has 0 fully saturated rings. The quantitative estimate of drug-likeness (QED) is 0.607. The lowest BCUT2D eigenvalue weighted by Gasteiger charge is -2.11. The molecule has 6 heteroatoms. The van der Waals surface area contributed by atoms with Crippen LogP contribution in [0.4, 0.5) is 22.7 Å². The molecule has 1 aromatic heterocycles. The first-order valence-electron chi connectivity index (χ1n) is 8.89. The Morgan fingerprint density at radius 1 is 0.821 bits per heavy atom. The van der Waals surface area contributed by atoms with Gasteiger partial charge in [-0.15, -0.1) is 0 Å². The Bertz CT molecular complexity index is 1010. The largest absolute Gasteiger partial charge is 0.354 e. The standard InChI is InChI=1S/C22H22N4O2/c1-14-4-9-21(15(2)10-14)25-20-11-17(12-23-13-20)22(28)26-19-7-5-18(6-8-19)24-16(3)27/h4-13,25H,1-3H3,(H,24,27)(H,26,28). The first-order valence-corrected chi connectivity index (χ1v) is 8.89. The molecule has 3 N–H and O–H groups in total. The molecule has 0 aliphatic heterocycles. The molecule has 142 valence electrons. The Balaban J connectivity index is 1.70. The van der Waals surface area contributed by atoms with Crippen molar-refractivity contribution < 1.29 is 9.59 Å². The Hall–Kier alpha value is -3.67. The number of nitrogens with zero attached hydrogens (tertiary/aromatic N) is 1. The van der Waals surface area contributed by atoms with Gasteiger partial charge >= 0.3 is 0 Å². The molecule has 1 heterocycles. The van der Waals surface area contributed by atoms with E-state index in [9.17, 15) is 9.59 Å². The zero-order chi connectivity index (χ0) is 20.1. The van der Waals surface area contributed by atoms with E-state index < -0.39 is 0 Å². The van der Waals surface area contributed by atoms with Crippen LogP contribution in [0.2, 0.25) is 0 Å². The molecule has 2 aromatic carbocycles. The fourth-order valence-corrected chi connectivity index (χ4v) is 2.79. The molecule has 2 amide bonds. The molecule has 0 bridgehead atoms. The highest BCUT2D eigenvalue weighted by Crippen LogP contribution is 2.22. The molecule has 0 aliphatic carbocycles. The van der Waals surface area contributed by atoms with E-state index in [1.54, 1.807) is 36.5 Å². The van der Waals surface area contributed by atoms with Gasteiger partial charge in [0.05, 0.1) is 17.4 Å². The first-order chi connectivity index (χ1) is 13.4. The maximum absolute atomic E-state index is 12.5. The van der Waals surface area contributed by atoms with Gasteiger partial charge in [0, 0.05) is 30.2 Å². The second-order valence-corrected chi connectivity index (χ2v) is 6.62. The lowest BCUT2D eigenvalue weighted by molar-refractivity contribution is -0.114. The predicted octanol–water partition coefficient (Wildman–Crippen LogP) is 4.65. The van der Waals surface area contributed by atoms with Crippen LogP contribution in [0.25, 0.3) is 0 Å². The van der Waals surface area contributed by atoms with Crippen LogP contribution in [0.5, 0.6) is 0 Å². The third-order valence-corrected chi connectivity index (χ3v) is 4.12. The van der Waals surface area contributed by atoms with E-state index in [0.717, 1.165) is 16.9 Å². The third-order valence-electron chi connectivity index (χ3n) is 4.12. The number of aromatic nitrogens is 1. The fourth-order valence-electron chi connectivity index (χ4n) is 2.79. The molecule has 6 nitrogen and oxygen atoms in total. The number of aryl methyl sites for hydroxylation is 2. The number of carbonyl (C=O) groups excluding carboxylic acids is 2. The monoisotopic (exact) mass is 374 g/mol. The zero-order valence-electron chi connectivity index (χ0n) is 16.0. The molecular weight excluding hydrogens is 352 g/mol. The van der Waals surface area contributed by atoms with Crippen molar-refractivity contribution >= 4 is 34.6 Å². The van der Waals surface area contributed by atoms with Gasteiger partial charge < -0.3 is 16.0 Å². The minimum Gasteiger partial charge on any atom is -0.354 e. The number of amides is 2. The van der Waals surface area contributed by atoms with Crippen LogP contribution in [0, 0.1) is 13.8 Å². The van der Waals surface area contributed by atoms with Crippen molar-refractivity contribution in [2.75, 3.05) is 16.0 Å². The van der Waals surface area contributed by atoms with Gasteiger partial charge in [0.2, 0.25) is 5.91 Å². The van der Waals surface area contributed by atoms with Crippen LogP contribution in [0.1, 0.15) is 28.4 Å². The number of benzene rings is 2. The van der Waals surface area contributed by atoms with Crippen LogP contribution in [-0.4, -0.2) is 16.8 Å². The van der Waals surface area contributed by atoms with E-state index in [2.05, 4.69) is 27.0 Å². The fraction of sp³-hybridized carbons (Fsp3) is 0.136. The van der Waals surface area contributed by atoms with Gasteiger partial charge in [0.25, 0.3) is 5.91 Å². The molecule has 0 saturated heterocycles. The van der Waals surface area contributed by atoms with E-state index in [-0.39, 0.29) is 11.8 Å². The van der Waals surface area contributed by atoms with Crippen molar-refractivity contribution in [3.8, 4) is 0 Å². The van der Waals surface area contributed by atoms with Crippen molar-refractivity contribution in [3.05, 3.63) is 77.6 Å². The van der Waals surface area contributed by atoms with Crippen molar-refractivity contribution in [1.29, 1.82) is 0 Å². The highest BCUT2D eigenvalue weighted by molar-refractivity contribution is 6.04. The minimum absolute atomic E-state index is 0.143. The summed E-state index contributed by atoms with van der Waals surface area (Å²) in [6.07, 6.45) is 3.20. The normalized spacial score (nSPS) is 10.2. The Morgan fingerprint density at radius 2 is 1.50 bits per heavy atom. The number of nitrogens with one attached hydrogen (secondary N) is 3. The summed E-state index contributed by atoms with van der Waals surface area (Å²) in [6, 6.07) is 14.8. The maximum atomic E-state index is 12.5. The lowest BCUT2D eigenvalue weighted by Crippen LogP contribution is -2.12. The second-order valence-electron chi connectivity index (χ2n) is 6.62. The highest BCUT2D eigenvalue weighted by Gasteiger charge is 2.09. The van der Waals surface area contributed by atoms with Gasteiger partial charge in [-0.1, -0.05) is 17.7 Å². The van der Waals surface area contributed by atoms with E-state index in [1.807, 2.05) is 26.0 Å². The van der Waals surface area contributed by atoms with Gasteiger partial charge in [-0.3, -0.25) is 14.6 Å². The summed E-state index contributed by atoms with van der Waals surface area (Å²) in [5.74, 6) is -0.403. The highest BCUT2D eigenvalue weighted by atomic mass is 16.2. The Morgan fingerprint density at radius 3 is 2.14 bits per heavy atom. The topological polar surface area (TPSA) is 83.1 Å². The van der Waals surface area contributed by atoms with Gasteiger partial charge in [0.1, 0.15) is 0 Å². The van der Waals surface area contributed by atoms with Gasteiger partial charge in [0.15, 0.2) is 0 Å². The number of hydrogen-bond donors (Lipinski definition) is 3. The van der Waals surface area contributed by atoms with Crippen LogP contribution in [-0.2, 0) is 4.79 Å². The summed E-state index contributed by atoms with van der Waals surface area (Å²) in [4.78, 5) is 27.8. The minimum atomic E-state index is -0.260. The number of hydrogen-bond acceptors (Lipinski definition) is 4. The average Bonchev–Trinajstić information content (AvgIpc) is 2.65. The van der Waals surface area contributed by atoms with Gasteiger partial charge in [-0.2, -0.15) is 0 Å². The smallest absolute Gasteiger partial charge is 0.257 e. The zero-order valence-corrected chi connectivity index (χ0v) is 16.0. The van der Waals surface area contributed by atoms with E-state index >= 15 is 0 Å². The van der Waals surface area contributed by atoms with E-state index in [1.165, 1.54) is 18.7 Å². The van der Waals surface area contributed by atoms with Crippen LogP contribution in [0.3, 0.4) is 0 Å². The van der Waals surface area contributed by atoms with Crippen molar-refractivity contribution in [2.45, 2.75) is 20.8 Å². The van der Waals surface area contributed by atoms with Crippen LogP contribution < -0.4 is 16.0 Å². The van der Waals surface area contributed by atoms with E-state index in [4.69, 9.17) is 0 Å². The second kappa shape index (κ2) is 8.35. The number of anilines is 4. The summed E-state index contributed by atoms with van der Waals surface area (Å²) in [7, 11) is 0. The van der Waals surface area contributed by atoms with Crippen molar-refractivity contribution in [3.63, 3.8) is 0 Å². The molecule has 0 saturated carbocycles. The summed E-state index contributed by atoms with van der Waals surface area (Å²) >= 11 is 0. The van der Waals surface area contributed by atoms with Crippen LogP contribution in [0.15, 0.2) is 60.9 Å². The third kappa shape index (κ3) is 4.94. The van der Waals surface area contributed by atoms with Gasteiger partial charge in [-0.25, -0.2) is 0 Å². The number of rotatable bonds is 5. The van der Waals surface area contributed by atoms with E-state index in [0.29, 0.717) is 16.9 Å². The summed E-state index contributed by atoms with van der Waals surface area (Å²) < 4.78 is 0. The van der Waals surface area contributed by atoms with Crippen molar-refractivity contribution in [2.24, 2.45) is 0 Å². The lowest BCUT2D eigenvalue weighted by atomic mass is 10.1. The molecule has 28 heavy (non-hydrogen) atoms. The molecule has 0 radical (unpaired) electrons. The van der Waals surface area contributed by atoms with Gasteiger partial charge in [-0.05, 0) is 55.8 Å². The average molecular weight is 374 g/mol. The summed E-state index contributed by atoms with van der Waals surface area (Å²) in [5, 5.41) is 8.82. The Kier molecular flexibility index (Phi) is 5.69. The molecule has 0 atom stereocenters. The Labute approximate surface area is 164 Å². The van der Waals surface area contributed by atoms with Crippen LogP contribution >= 0.6 is 0 Å². The predicted molar refractivity (Wildman–Crippen MR) is 112 cm³/mol. The summed E-state index contributed by atoms with van der Waals surface area (Å²) in [6.45, 7) is 5.53. The molecular formula is C22H22N4O2. The summed E-state index contributed by atoms with van der Waals surface area (Å²) in [5.41, 5.74) is 5.77.